The lowest BCUT2D eigenvalue weighted by atomic mass is 10.1. The number of nitrogens with one attached hydrogen (secondary N) is 1. The Morgan fingerprint density at radius 1 is 1.44 bits per heavy atom. The van der Waals surface area contributed by atoms with Crippen molar-refractivity contribution in [1.82, 2.24) is 15.1 Å². The molecular formula is C12H23N3O. The van der Waals surface area contributed by atoms with Crippen LogP contribution in [0.3, 0.4) is 0 Å². The second-order valence-electron chi connectivity index (χ2n) is 5.03. The third-order valence-electron chi connectivity index (χ3n) is 3.73. The quantitative estimate of drug-likeness (QED) is 0.747. The molecule has 2 fully saturated rings. The Kier molecular flexibility index (Phi) is 4.18. The smallest absolute Gasteiger partial charge is 0.236 e. The maximum Gasteiger partial charge on any atom is 0.236 e. The zero-order valence-corrected chi connectivity index (χ0v) is 10.2. The van der Waals surface area contributed by atoms with E-state index in [0.29, 0.717) is 6.54 Å². The maximum absolute atomic E-state index is 11.5. The highest BCUT2D eigenvalue weighted by Gasteiger charge is 2.21. The van der Waals surface area contributed by atoms with Gasteiger partial charge in [0.1, 0.15) is 0 Å². The number of piperazine rings is 1. The molecule has 2 aliphatic heterocycles. The number of likely N-dealkylation sites (N-methyl/N-ethyl adjacent to an activating group) is 1. The van der Waals surface area contributed by atoms with E-state index in [1.165, 1.54) is 32.2 Å². The first-order chi connectivity index (χ1) is 7.75. The minimum absolute atomic E-state index is 0.269. The van der Waals surface area contributed by atoms with E-state index in [2.05, 4.69) is 10.2 Å². The van der Waals surface area contributed by atoms with Crippen LogP contribution in [0.25, 0.3) is 0 Å². The first kappa shape index (κ1) is 11.9. The molecule has 0 aromatic rings. The lowest BCUT2D eigenvalue weighted by Gasteiger charge is -2.32. The molecule has 2 aliphatic rings. The van der Waals surface area contributed by atoms with E-state index in [1.807, 2.05) is 11.9 Å². The van der Waals surface area contributed by atoms with Crippen molar-refractivity contribution >= 4 is 5.91 Å². The van der Waals surface area contributed by atoms with E-state index in [-0.39, 0.29) is 5.91 Å². The number of rotatable bonds is 4. The zero-order chi connectivity index (χ0) is 11.4. The van der Waals surface area contributed by atoms with Gasteiger partial charge in [0.05, 0.1) is 6.54 Å². The normalized spacial score (nSPS) is 27.7. The zero-order valence-electron chi connectivity index (χ0n) is 10.2. The van der Waals surface area contributed by atoms with Crippen LogP contribution in [0.4, 0.5) is 0 Å². The molecule has 0 aromatic heterocycles. The summed E-state index contributed by atoms with van der Waals surface area (Å²) in [6.45, 7) is 4.82. The highest BCUT2D eigenvalue weighted by Crippen LogP contribution is 2.11. The molecule has 92 valence electrons. The van der Waals surface area contributed by atoms with Crippen LogP contribution in [0.5, 0.6) is 0 Å². The molecule has 0 saturated carbocycles. The van der Waals surface area contributed by atoms with Crippen LogP contribution in [0.15, 0.2) is 0 Å². The van der Waals surface area contributed by atoms with Gasteiger partial charge in [0, 0.05) is 26.2 Å². The van der Waals surface area contributed by atoms with Gasteiger partial charge in [0.2, 0.25) is 5.91 Å². The molecule has 1 amide bonds. The van der Waals surface area contributed by atoms with Gasteiger partial charge in [-0.3, -0.25) is 9.69 Å². The van der Waals surface area contributed by atoms with Gasteiger partial charge < -0.3 is 10.2 Å². The summed E-state index contributed by atoms with van der Waals surface area (Å²) in [5.74, 6) is 0.269. The second-order valence-corrected chi connectivity index (χ2v) is 5.03. The molecule has 1 atom stereocenters. The molecule has 0 bridgehead atoms. The van der Waals surface area contributed by atoms with Crippen molar-refractivity contribution < 1.29 is 4.79 Å². The minimum atomic E-state index is 0.269. The summed E-state index contributed by atoms with van der Waals surface area (Å²) < 4.78 is 0. The molecule has 0 spiro atoms. The van der Waals surface area contributed by atoms with E-state index in [0.717, 1.165) is 25.7 Å². The van der Waals surface area contributed by atoms with E-state index >= 15 is 0 Å². The summed E-state index contributed by atoms with van der Waals surface area (Å²) in [6.07, 6.45) is 5.15. The van der Waals surface area contributed by atoms with E-state index in [4.69, 9.17) is 0 Å². The molecule has 2 heterocycles. The number of carbonyl (C=O) groups excluding carboxylic acids is 1. The van der Waals surface area contributed by atoms with Gasteiger partial charge in [-0.2, -0.15) is 0 Å². The van der Waals surface area contributed by atoms with E-state index in [1.54, 1.807) is 0 Å². The molecule has 0 aromatic carbocycles. The van der Waals surface area contributed by atoms with Crippen LogP contribution in [-0.4, -0.2) is 61.5 Å². The largest absolute Gasteiger partial charge is 0.343 e. The molecule has 1 N–H and O–H groups in total. The summed E-state index contributed by atoms with van der Waals surface area (Å²) >= 11 is 0. The molecule has 1 unspecified atom stereocenters. The van der Waals surface area contributed by atoms with Crippen molar-refractivity contribution in [3.8, 4) is 0 Å². The molecule has 4 nitrogen and oxygen atoms in total. The van der Waals surface area contributed by atoms with Crippen molar-refractivity contribution in [2.24, 2.45) is 0 Å². The van der Waals surface area contributed by atoms with Crippen LogP contribution >= 0.6 is 0 Å². The maximum atomic E-state index is 11.5. The summed E-state index contributed by atoms with van der Waals surface area (Å²) in [5, 5.41) is 3.52. The highest BCUT2D eigenvalue weighted by atomic mass is 16.2. The molecular weight excluding hydrogens is 202 g/mol. The van der Waals surface area contributed by atoms with Crippen LogP contribution in [-0.2, 0) is 4.79 Å². The lowest BCUT2D eigenvalue weighted by Crippen LogP contribution is -2.48. The van der Waals surface area contributed by atoms with Crippen molar-refractivity contribution in [1.29, 1.82) is 0 Å². The fourth-order valence-corrected chi connectivity index (χ4v) is 2.56. The summed E-state index contributed by atoms with van der Waals surface area (Å²) in [5.41, 5.74) is 0. The fourth-order valence-electron chi connectivity index (χ4n) is 2.56. The van der Waals surface area contributed by atoms with E-state index < -0.39 is 0 Å². The average Bonchev–Trinajstić information content (AvgIpc) is 2.76. The molecule has 0 aliphatic carbocycles. The summed E-state index contributed by atoms with van der Waals surface area (Å²) in [4.78, 5) is 15.6. The van der Waals surface area contributed by atoms with Crippen LogP contribution in [0.1, 0.15) is 25.7 Å². The Balaban J connectivity index is 1.60. The van der Waals surface area contributed by atoms with Gasteiger partial charge in [-0.05, 0) is 38.8 Å². The number of amides is 1. The fraction of sp³-hybridized carbons (Fsp3) is 0.917. The molecule has 2 saturated heterocycles. The van der Waals surface area contributed by atoms with Crippen LogP contribution < -0.4 is 5.32 Å². The molecule has 0 radical (unpaired) electrons. The molecule has 4 heteroatoms. The van der Waals surface area contributed by atoms with Gasteiger partial charge in [-0.1, -0.05) is 0 Å². The predicted molar refractivity (Wildman–Crippen MR) is 64.3 cm³/mol. The Morgan fingerprint density at radius 3 is 3.00 bits per heavy atom. The first-order valence-corrected chi connectivity index (χ1v) is 6.45. The third-order valence-corrected chi connectivity index (χ3v) is 3.73. The standard InChI is InChI=1S/C12H23N3O/c1-14-8-9-15(10-12(14)16)7-3-5-11-4-2-6-13-11/h11,13H,2-10H2,1H3. The number of nitrogens with zero attached hydrogens (tertiary/aromatic N) is 2. The predicted octanol–water partition coefficient (Wildman–Crippen LogP) is 0.293. The van der Waals surface area contributed by atoms with E-state index in [9.17, 15) is 4.79 Å². The summed E-state index contributed by atoms with van der Waals surface area (Å²) in [6, 6.07) is 0.739. The summed E-state index contributed by atoms with van der Waals surface area (Å²) in [7, 11) is 1.89. The number of hydrogen-bond donors (Lipinski definition) is 1. The minimum Gasteiger partial charge on any atom is -0.343 e. The van der Waals surface area contributed by atoms with Gasteiger partial charge in [0.15, 0.2) is 0 Å². The monoisotopic (exact) mass is 225 g/mol. The van der Waals surface area contributed by atoms with Gasteiger partial charge in [-0.25, -0.2) is 0 Å². The van der Waals surface area contributed by atoms with Gasteiger partial charge in [0.25, 0.3) is 0 Å². The Labute approximate surface area is 98.0 Å². The first-order valence-electron chi connectivity index (χ1n) is 6.45. The Hall–Kier alpha value is -0.610. The number of carbonyl (C=O) groups is 1. The topological polar surface area (TPSA) is 35.6 Å². The van der Waals surface area contributed by atoms with Crippen molar-refractivity contribution in [3.63, 3.8) is 0 Å². The Bertz CT molecular complexity index is 238. The van der Waals surface area contributed by atoms with Crippen molar-refractivity contribution in [3.05, 3.63) is 0 Å². The van der Waals surface area contributed by atoms with Crippen LogP contribution in [0, 0.1) is 0 Å². The molecule has 16 heavy (non-hydrogen) atoms. The average molecular weight is 225 g/mol. The second kappa shape index (κ2) is 5.64. The highest BCUT2D eigenvalue weighted by molar-refractivity contribution is 5.78. The number of hydrogen-bond acceptors (Lipinski definition) is 3. The van der Waals surface area contributed by atoms with Crippen molar-refractivity contribution in [2.45, 2.75) is 31.7 Å². The van der Waals surface area contributed by atoms with Crippen molar-refractivity contribution in [2.75, 3.05) is 39.8 Å². The molecule has 2 rings (SSSR count). The van der Waals surface area contributed by atoms with Crippen LogP contribution in [0.2, 0.25) is 0 Å². The lowest BCUT2D eigenvalue weighted by molar-refractivity contribution is -0.134. The van der Waals surface area contributed by atoms with Gasteiger partial charge >= 0.3 is 0 Å². The third kappa shape index (κ3) is 3.19. The Morgan fingerprint density at radius 2 is 2.31 bits per heavy atom. The van der Waals surface area contributed by atoms with Gasteiger partial charge in [-0.15, -0.1) is 0 Å². The SMILES string of the molecule is CN1CCN(CCCC2CCCN2)CC1=O.